The molecule has 0 saturated carbocycles. The van der Waals surface area contributed by atoms with Gasteiger partial charge >= 0.3 is 0 Å². The minimum atomic E-state index is -3.63. The van der Waals surface area contributed by atoms with Crippen molar-refractivity contribution in [3.8, 4) is 0 Å². The van der Waals surface area contributed by atoms with E-state index in [1.54, 1.807) is 30.3 Å². The van der Waals surface area contributed by atoms with Gasteiger partial charge in [0.25, 0.3) is 0 Å². The van der Waals surface area contributed by atoms with Crippen LogP contribution in [0.25, 0.3) is 0 Å². The third-order valence-corrected chi connectivity index (χ3v) is 5.30. The van der Waals surface area contributed by atoms with Crippen molar-refractivity contribution < 1.29 is 13.5 Å². The molecular formula is C16H27NO3S. The maximum atomic E-state index is 12.5. The molecule has 0 aliphatic carbocycles. The van der Waals surface area contributed by atoms with Gasteiger partial charge in [0.15, 0.2) is 0 Å². The monoisotopic (exact) mass is 313 g/mol. The minimum absolute atomic E-state index is 0.0395. The van der Waals surface area contributed by atoms with E-state index in [0.29, 0.717) is 0 Å². The molecule has 0 aromatic heterocycles. The van der Waals surface area contributed by atoms with E-state index in [2.05, 4.69) is 4.72 Å². The van der Waals surface area contributed by atoms with Gasteiger partial charge in [0.05, 0.1) is 17.0 Å². The number of hydrogen-bond donors (Lipinski definition) is 2. The van der Waals surface area contributed by atoms with Crippen LogP contribution in [0.2, 0.25) is 0 Å². The molecule has 1 aromatic carbocycles. The molecule has 21 heavy (non-hydrogen) atoms. The number of benzene rings is 1. The smallest absolute Gasteiger partial charge is 0.240 e. The SMILES string of the molecule is CC[C@H](C)[C@H](NS(=O)(=O)c1ccccc1)C(O)C(C)(C)C. The molecule has 1 rings (SSSR count). The van der Waals surface area contributed by atoms with Crippen LogP contribution >= 0.6 is 0 Å². The molecule has 2 N–H and O–H groups in total. The summed E-state index contributed by atoms with van der Waals surface area (Å²) in [6.07, 6.45) is 0.0284. The Morgan fingerprint density at radius 3 is 2.14 bits per heavy atom. The second-order valence-electron chi connectivity index (χ2n) is 6.66. The van der Waals surface area contributed by atoms with E-state index in [0.717, 1.165) is 6.42 Å². The summed E-state index contributed by atoms with van der Waals surface area (Å²) in [5.41, 5.74) is -0.396. The fraction of sp³-hybridized carbons (Fsp3) is 0.625. The maximum Gasteiger partial charge on any atom is 0.240 e. The molecule has 0 fully saturated rings. The average molecular weight is 313 g/mol. The Morgan fingerprint density at radius 1 is 1.19 bits per heavy atom. The highest BCUT2D eigenvalue weighted by Crippen LogP contribution is 2.27. The number of aliphatic hydroxyl groups excluding tert-OH is 1. The minimum Gasteiger partial charge on any atom is -0.391 e. The summed E-state index contributed by atoms with van der Waals surface area (Å²) in [7, 11) is -3.63. The summed E-state index contributed by atoms with van der Waals surface area (Å²) in [6.45, 7) is 9.66. The second kappa shape index (κ2) is 6.90. The molecule has 0 radical (unpaired) electrons. The van der Waals surface area contributed by atoms with Gasteiger partial charge in [-0.15, -0.1) is 0 Å². The van der Waals surface area contributed by atoms with Crippen molar-refractivity contribution in [2.45, 2.75) is 58.1 Å². The normalized spacial score (nSPS) is 17.2. The molecular weight excluding hydrogens is 286 g/mol. The Hall–Kier alpha value is -0.910. The molecule has 1 aromatic rings. The molecule has 0 spiro atoms. The summed E-state index contributed by atoms with van der Waals surface area (Å²) in [5, 5.41) is 10.5. The molecule has 0 bridgehead atoms. The van der Waals surface area contributed by atoms with E-state index in [1.807, 2.05) is 34.6 Å². The van der Waals surface area contributed by atoms with Crippen LogP contribution in [0, 0.1) is 11.3 Å². The van der Waals surface area contributed by atoms with Gasteiger partial charge in [-0.05, 0) is 23.5 Å². The van der Waals surface area contributed by atoms with Gasteiger partial charge in [0.1, 0.15) is 0 Å². The van der Waals surface area contributed by atoms with Crippen LogP contribution in [0.15, 0.2) is 35.2 Å². The second-order valence-corrected chi connectivity index (χ2v) is 8.37. The first-order valence-electron chi connectivity index (χ1n) is 7.35. The van der Waals surface area contributed by atoms with Gasteiger partial charge < -0.3 is 5.11 Å². The zero-order valence-corrected chi connectivity index (χ0v) is 14.3. The summed E-state index contributed by atoms with van der Waals surface area (Å²) in [4.78, 5) is 0.222. The van der Waals surface area contributed by atoms with Crippen LogP contribution in [0.3, 0.4) is 0 Å². The number of nitrogens with one attached hydrogen (secondary N) is 1. The third-order valence-electron chi connectivity index (χ3n) is 3.83. The molecule has 120 valence electrons. The summed E-state index contributed by atoms with van der Waals surface area (Å²) < 4.78 is 27.6. The summed E-state index contributed by atoms with van der Waals surface area (Å²) in [6, 6.07) is 7.74. The Balaban J connectivity index is 3.07. The quantitative estimate of drug-likeness (QED) is 0.848. The van der Waals surface area contributed by atoms with E-state index in [1.165, 1.54) is 0 Å². The lowest BCUT2D eigenvalue weighted by atomic mass is 9.80. The third kappa shape index (κ3) is 4.80. The van der Waals surface area contributed by atoms with Crippen molar-refractivity contribution in [3.05, 3.63) is 30.3 Å². The standard InChI is InChI=1S/C16H27NO3S/c1-6-12(2)14(15(18)16(3,4)5)17-21(19,20)13-10-8-7-9-11-13/h7-12,14-15,17-18H,6H2,1-5H3/t12-,14-,15?/m0/s1. The predicted octanol–water partition coefficient (Wildman–Crippen LogP) is 2.79. The highest BCUT2D eigenvalue weighted by molar-refractivity contribution is 7.89. The van der Waals surface area contributed by atoms with Crippen molar-refractivity contribution in [1.82, 2.24) is 4.72 Å². The largest absolute Gasteiger partial charge is 0.391 e. The predicted molar refractivity (Wildman–Crippen MR) is 85.5 cm³/mol. The van der Waals surface area contributed by atoms with Gasteiger partial charge in [-0.2, -0.15) is 0 Å². The van der Waals surface area contributed by atoms with Crippen LogP contribution in [-0.2, 0) is 10.0 Å². The van der Waals surface area contributed by atoms with Gasteiger partial charge in [0.2, 0.25) is 10.0 Å². The van der Waals surface area contributed by atoms with E-state index >= 15 is 0 Å². The first-order valence-corrected chi connectivity index (χ1v) is 8.83. The Kier molecular flexibility index (Phi) is 5.96. The van der Waals surface area contributed by atoms with Crippen molar-refractivity contribution in [1.29, 1.82) is 0 Å². The molecule has 0 heterocycles. The number of aliphatic hydroxyl groups is 1. The Morgan fingerprint density at radius 2 is 1.71 bits per heavy atom. The number of sulfonamides is 1. The first-order chi connectivity index (χ1) is 9.59. The van der Waals surface area contributed by atoms with Gasteiger partial charge in [-0.25, -0.2) is 13.1 Å². The zero-order chi connectivity index (χ0) is 16.3. The van der Waals surface area contributed by atoms with Crippen molar-refractivity contribution in [2.75, 3.05) is 0 Å². The Bertz CT molecular complexity index is 534. The van der Waals surface area contributed by atoms with Gasteiger partial charge in [-0.1, -0.05) is 59.2 Å². The van der Waals surface area contributed by atoms with E-state index in [4.69, 9.17) is 0 Å². The lowest BCUT2D eigenvalue weighted by Crippen LogP contribution is -2.52. The first kappa shape index (κ1) is 18.1. The van der Waals surface area contributed by atoms with E-state index < -0.39 is 27.6 Å². The molecule has 3 atom stereocenters. The molecule has 5 heteroatoms. The fourth-order valence-corrected chi connectivity index (χ4v) is 3.50. The molecule has 0 amide bonds. The number of rotatable bonds is 6. The van der Waals surface area contributed by atoms with Gasteiger partial charge in [-0.3, -0.25) is 0 Å². The van der Waals surface area contributed by atoms with E-state index in [-0.39, 0.29) is 10.8 Å². The topological polar surface area (TPSA) is 66.4 Å². The van der Waals surface area contributed by atoms with Crippen LogP contribution in [0.1, 0.15) is 41.0 Å². The average Bonchev–Trinajstić information content (AvgIpc) is 2.43. The van der Waals surface area contributed by atoms with E-state index in [9.17, 15) is 13.5 Å². The van der Waals surface area contributed by atoms with Crippen LogP contribution in [0.4, 0.5) is 0 Å². The molecule has 4 nitrogen and oxygen atoms in total. The number of hydrogen-bond acceptors (Lipinski definition) is 3. The van der Waals surface area contributed by atoms with Crippen molar-refractivity contribution >= 4 is 10.0 Å². The molecule has 0 aliphatic heterocycles. The fourth-order valence-electron chi connectivity index (χ4n) is 2.13. The highest BCUT2D eigenvalue weighted by Gasteiger charge is 2.36. The zero-order valence-electron chi connectivity index (χ0n) is 13.5. The molecule has 0 saturated heterocycles. The van der Waals surface area contributed by atoms with Crippen LogP contribution in [-0.4, -0.2) is 25.7 Å². The Labute approximate surface area is 128 Å². The lowest BCUT2D eigenvalue weighted by Gasteiger charge is -2.36. The van der Waals surface area contributed by atoms with Gasteiger partial charge in [0, 0.05) is 0 Å². The summed E-state index contributed by atoms with van der Waals surface area (Å²) >= 11 is 0. The molecule has 0 aliphatic rings. The van der Waals surface area contributed by atoms with Crippen LogP contribution in [0.5, 0.6) is 0 Å². The lowest BCUT2D eigenvalue weighted by molar-refractivity contribution is 0.0191. The highest BCUT2D eigenvalue weighted by atomic mass is 32.2. The summed E-state index contributed by atoms with van der Waals surface area (Å²) in [5.74, 6) is 0.0395. The van der Waals surface area contributed by atoms with Crippen LogP contribution < -0.4 is 4.72 Å². The maximum absolute atomic E-state index is 12.5. The van der Waals surface area contributed by atoms with Crippen molar-refractivity contribution in [2.24, 2.45) is 11.3 Å². The molecule has 1 unspecified atom stereocenters. The van der Waals surface area contributed by atoms with Crippen molar-refractivity contribution in [3.63, 3.8) is 0 Å².